The minimum absolute atomic E-state index is 0.147. The zero-order chi connectivity index (χ0) is 14.0. The molecule has 0 heterocycles. The third-order valence-corrected chi connectivity index (χ3v) is 3.55. The van der Waals surface area contributed by atoms with Crippen molar-refractivity contribution in [3.05, 3.63) is 63.6 Å². The van der Waals surface area contributed by atoms with E-state index in [1.165, 1.54) is 31.4 Å². The van der Waals surface area contributed by atoms with Crippen molar-refractivity contribution >= 4 is 15.9 Å². The lowest BCUT2D eigenvalue weighted by atomic mass is 9.99. The Bertz CT molecular complexity index is 604. The lowest BCUT2D eigenvalue weighted by molar-refractivity contribution is 0.386. The number of benzene rings is 2. The fraction of sp³-hybridized carbons (Fsp3) is 0.143. The Kier molecular flexibility index (Phi) is 4.17. The zero-order valence-corrected chi connectivity index (χ0v) is 11.7. The van der Waals surface area contributed by atoms with Crippen molar-refractivity contribution < 1.29 is 13.5 Å². The van der Waals surface area contributed by atoms with Crippen LogP contribution in [0, 0.1) is 11.6 Å². The lowest BCUT2D eigenvalue weighted by Gasteiger charge is -2.15. The molecule has 5 heteroatoms. The summed E-state index contributed by atoms with van der Waals surface area (Å²) >= 11 is 3.31. The molecule has 2 rings (SSSR count). The van der Waals surface area contributed by atoms with Gasteiger partial charge in [-0.1, -0.05) is 22.0 Å². The van der Waals surface area contributed by atoms with Crippen LogP contribution in [0.15, 0.2) is 40.9 Å². The Morgan fingerprint density at radius 3 is 2.53 bits per heavy atom. The number of hydrogen-bond acceptors (Lipinski definition) is 2. The van der Waals surface area contributed by atoms with Crippen molar-refractivity contribution in [2.45, 2.75) is 6.04 Å². The zero-order valence-electron chi connectivity index (χ0n) is 10.2. The number of ether oxygens (including phenoxy) is 1. The molecule has 0 bridgehead atoms. The van der Waals surface area contributed by atoms with E-state index in [2.05, 4.69) is 15.9 Å². The fourth-order valence-corrected chi connectivity index (χ4v) is 2.30. The van der Waals surface area contributed by atoms with Gasteiger partial charge in [0.15, 0.2) is 11.6 Å². The van der Waals surface area contributed by atoms with Gasteiger partial charge in [-0.25, -0.2) is 8.78 Å². The maximum atomic E-state index is 13.6. The molecule has 0 amide bonds. The third kappa shape index (κ3) is 2.93. The molecular formula is C14H12BrF2NO. The van der Waals surface area contributed by atoms with Crippen LogP contribution in [-0.4, -0.2) is 7.11 Å². The Balaban J connectivity index is 2.41. The van der Waals surface area contributed by atoms with Gasteiger partial charge in [0.25, 0.3) is 0 Å². The first-order chi connectivity index (χ1) is 9.02. The van der Waals surface area contributed by atoms with Crippen molar-refractivity contribution in [2.75, 3.05) is 7.11 Å². The summed E-state index contributed by atoms with van der Waals surface area (Å²) in [6, 6.07) is 8.06. The monoisotopic (exact) mass is 327 g/mol. The molecule has 100 valence electrons. The van der Waals surface area contributed by atoms with Crippen molar-refractivity contribution in [3.8, 4) is 5.75 Å². The van der Waals surface area contributed by atoms with Gasteiger partial charge in [0.05, 0.1) is 13.2 Å². The number of methoxy groups -OCH3 is 1. The molecule has 0 saturated heterocycles. The van der Waals surface area contributed by atoms with E-state index in [1.807, 2.05) is 0 Å². The average molecular weight is 328 g/mol. The van der Waals surface area contributed by atoms with Gasteiger partial charge in [-0.05, 0) is 41.5 Å². The van der Waals surface area contributed by atoms with Crippen LogP contribution in [0.5, 0.6) is 5.75 Å². The SMILES string of the molecule is COc1ccc(C(N)c2cc(F)ccc2Br)cc1F. The third-order valence-electron chi connectivity index (χ3n) is 2.83. The second-order valence-electron chi connectivity index (χ2n) is 4.04. The first-order valence-corrected chi connectivity index (χ1v) is 6.36. The Morgan fingerprint density at radius 1 is 1.16 bits per heavy atom. The van der Waals surface area contributed by atoms with Gasteiger partial charge in [0, 0.05) is 4.47 Å². The molecule has 0 fully saturated rings. The molecule has 0 aliphatic rings. The minimum Gasteiger partial charge on any atom is -0.494 e. The van der Waals surface area contributed by atoms with E-state index in [0.29, 0.717) is 15.6 Å². The maximum Gasteiger partial charge on any atom is 0.165 e. The summed E-state index contributed by atoms with van der Waals surface area (Å²) in [5, 5.41) is 0. The van der Waals surface area contributed by atoms with E-state index >= 15 is 0 Å². The van der Waals surface area contributed by atoms with E-state index in [0.717, 1.165) is 0 Å². The summed E-state index contributed by atoms with van der Waals surface area (Å²) in [4.78, 5) is 0. The number of nitrogens with two attached hydrogens (primary N) is 1. The highest BCUT2D eigenvalue weighted by molar-refractivity contribution is 9.10. The van der Waals surface area contributed by atoms with Gasteiger partial charge in [-0.3, -0.25) is 0 Å². The van der Waals surface area contributed by atoms with Crippen LogP contribution in [0.3, 0.4) is 0 Å². The Labute approximate surface area is 118 Å². The standard InChI is InChI=1S/C14H12BrF2NO/c1-19-13-5-2-8(6-12(13)17)14(18)10-7-9(16)3-4-11(10)15/h2-7,14H,18H2,1H3. The van der Waals surface area contributed by atoms with Crippen LogP contribution in [0.1, 0.15) is 17.2 Å². The normalized spacial score (nSPS) is 12.3. The minimum atomic E-state index is -0.620. The summed E-state index contributed by atoms with van der Waals surface area (Å²) in [5.74, 6) is -0.736. The average Bonchev–Trinajstić information content (AvgIpc) is 2.40. The highest BCUT2D eigenvalue weighted by atomic mass is 79.9. The van der Waals surface area contributed by atoms with Gasteiger partial charge < -0.3 is 10.5 Å². The molecule has 19 heavy (non-hydrogen) atoms. The van der Waals surface area contributed by atoms with E-state index in [4.69, 9.17) is 10.5 Å². The van der Waals surface area contributed by atoms with Gasteiger partial charge in [-0.15, -0.1) is 0 Å². The molecule has 1 atom stereocenters. The lowest BCUT2D eigenvalue weighted by Crippen LogP contribution is -2.13. The second kappa shape index (κ2) is 5.67. The fourth-order valence-electron chi connectivity index (χ4n) is 1.81. The van der Waals surface area contributed by atoms with Gasteiger partial charge in [-0.2, -0.15) is 0 Å². The van der Waals surface area contributed by atoms with Gasteiger partial charge >= 0.3 is 0 Å². The molecule has 0 radical (unpaired) electrons. The molecule has 0 aliphatic heterocycles. The maximum absolute atomic E-state index is 13.6. The second-order valence-corrected chi connectivity index (χ2v) is 4.89. The Morgan fingerprint density at radius 2 is 1.89 bits per heavy atom. The smallest absolute Gasteiger partial charge is 0.165 e. The molecule has 2 nitrogen and oxygen atoms in total. The largest absolute Gasteiger partial charge is 0.494 e. The Hall–Kier alpha value is -1.46. The first kappa shape index (κ1) is 14.0. The highest BCUT2D eigenvalue weighted by Crippen LogP contribution is 2.29. The molecule has 2 N–H and O–H groups in total. The van der Waals surface area contributed by atoms with Gasteiger partial charge in [0.1, 0.15) is 5.82 Å². The van der Waals surface area contributed by atoms with Crippen LogP contribution in [-0.2, 0) is 0 Å². The molecule has 0 saturated carbocycles. The van der Waals surface area contributed by atoms with Crippen LogP contribution in [0.4, 0.5) is 8.78 Å². The number of rotatable bonds is 3. The van der Waals surface area contributed by atoms with Crippen LogP contribution in [0.25, 0.3) is 0 Å². The van der Waals surface area contributed by atoms with Crippen LogP contribution >= 0.6 is 15.9 Å². The van der Waals surface area contributed by atoms with Crippen molar-refractivity contribution in [3.63, 3.8) is 0 Å². The molecule has 0 spiro atoms. The summed E-state index contributed by atoms with van der Waals surface area (Å²) in [7, 11) is 1.39. The van der Waals surface area contributed by atoms with Crippen molar-refractivity contribution in [1.29, 1.82) is 0 Å². The quantitative estimate of drug-likeness (QED) is 0.931. The van der Waals surface area contributed by atoms with Gasteiger partial charge in [0.2, 0.25) is 0 Å². The predicted molar refractivity (Wildman–Crippen MR) is 73.1 cm³/mol. The highest BCUT2D eigenvalue weighted by Gasteiger charge is 2.15. The van der Waals surface area contributed by atoms with Crippen molar-refractivity contribution in [2.24, 2.45) is 5.73 Å². The van der Waals surface area contributed by atoms with E-state index in [1.54, 1.807) is 12.1 Å². The van der Waals surface area contributed by atoms with E-state index in [9.17, 15) is 8.78 Å². The molecule has 0 aromatic heterocycles. The molecule has 1 unspecified atom stereocenters. The van der Waals surface area contributed by atoms with Crippen molar-refractivity contribution in [1.82, 2.24) is 0 Å². The first-order valence-electron chi connectivity index (χ1n) is 5.57. The predicted octanol–water partition coefficient (Wildman–Crippen LogP) is 3.78. The molecular weight excluding hydrogens is 316 g/mol. The summed E-state index contributed by atoms with van der Waals surface area (Å²) in [6.45, 7) is 0. The molecule has 0 aliphatic carbocycles. The number of hydrogen-bond donors (Lipinski definition) is 1. The summed E-state index contributed by atoms with van der Waals surface area (Å²) < 4.78 is 32.4. The van der Waals surface area contributed by atoms with E-state index in [-0.39, 0.29) is 11.6 Å². The number of halogens is 3. The molecule has 2 aromatic rings. The molecule has 2 aromatic carbocycles. The summed E-state index contributed by atoms with van der Waals surface area (Å²) in [6.07, 6.45) is 0. The van der Waals surface area contributed by atoms with Crippen LogP contribution in [0.2, 0.25) is 0 Å². The van der Waals surface area contributed by atoms with Crippen LogP contribution < -0.4 is 10.5 Å². The van der Waals surface area contributed by atoms with E-state index < -0.39 is 11.9 Å². The summed E-state index contributed by atoms with van der Waals surface area (Å²) in [5.41, 5.74) is 7.15. The topological polar surface area (TPSA) is 35.2 Å².